The van der Waals surface area contributed by atoms with E-state index in [-0.39, 0.29) is 5.91 Å². The maximum atomic E-state index is 10.8. The zero-order valence-electron chi connectivity index (χ0n) is 5.61. The highest BCUT2D eigenvalue weighted by Crippen LogP contribution is 1.92. The Morgan fingerprint density at radius 3 is 3.00 bits per heavy atom. The molecule has 1 unspecified atom stereocenters. The van der Waals surface area contributed by atoms with Gasteiger partial charge >= 0.3 is 0 Å². The number of rotatable bonds is 1. The first-order valence-corrected chi connectivity index (χ1v) is 2.94. The molecular formula is C6H8N3O. The predicted octanol–water partition coefficient (Wildman–Crippen LogP) is -0.739. The lowest BCUT2D eigenvalue weighted by atomic mass is 10.4. The van der Waals surface area contributed by atoms with Crippen molar-refractivity contribution in [1.82, 2.24) is 10.6 Å². The summed E-state index contributed by atoms with van der Waals surface area (Å²) < 4.78 is 0. The second kappa shape index (κ2) is 3.00. The van der Waals surface area contributed by atoms with Gasteiger partial charge < -0.3 is 5.32 Å². The van der Waals surface area contributed by atoms with Crippen molar-refractivity contribution in [2.24, 2.45) is 4.99 Å². The van der Waals surface area contributed by atoms with E-state index in [1.165, 1.54) is 0 Å². The van der Waals surface area contributed by atoms with Gasteiger partial charge in [-0.2, -0.15) is 0 Å². The molecule has 0 saturated carbocycles. The Morgan fingerprint density at radius 2 is 2.50 bits per heavy atom. The molecule has 1 N–H and O–H groups in total. The van der Waals surface area contributed by atoms with Crippen LogP contribution in [0.5, 0.6) is 0 Å². The van der Waals surface area contributed by atoms with Crippen molar-refractivity contribution in [3.63, 3.8) is 0 Å². The van der Waals surface area contributed by atoms with Crippen LogP contribution in [0.2, 0.25) is 0 Å². The Labute approximate surface area is 59.0 Å². The van der Waals surface area contributed by atoms with Gasteiger partial charge in [0.05, 0.1) is 0 Å². The molecule has 0 spiro atoms. The molecular weight excluding hydrogens is 130 g/mol. The maximum absolute atomic E-state index is 10.8. The number of nitrogens with one attached hydrogen (secondary N) is 1. The number of carbonyl (C=O) groups is 1. The molecule has 1 radical (unpaired) electrons. The molecule has 0 aromatic rings. The van der Waals surface area contributed by atoms with E-state index in [0.29, 0.717) is 0 Å². The van der Waals surface area contributed by atoms with Crippen LogP contribution in [0, 0.1) is 0 Å². The molecule has 0 bridgehead atoms. The normalized spacial score (nSPS) is 21.9. The standard InChI is InChI=1S/C6H8N3O/c1-7-6(10)5-8-3-2-4-9-5/h2-5H,1H3,(H,7,10). The summed E-state index contributed by atoms with van der Waals surface area (Å²) in [6.07, 6.45) is 4.23. The minimum atomic E-state index is -0.574. The van der Waals surface area contributed by atoms with Crippen LogP contribution >= 0.6 is 0 Å². The zero-order valence-corrected chi connectivity index (χ0v) is 5.61. The van der Waals surface area contributed by atoms with Crippen LogP contribution < -0.4 is 10.6 Å². The van der Waals surface area contributed by atoms with Crippen molar-refractivity contribution in [3.8, 4) is 0 Å². The molecule has 1 rings (SSSR count). The van der Waals surface area contributed by atoms with Crippen LogP contribution in [0.15, 0.2) is 17.3 Å². The minimum absolute atomic E-state index is 0.180. The predicted molar refractivity (Wildman–Crippen MR) is 37.6 cm³/mol. The van der Waals surface area contributed by atoms with Gasteiger partial charge in [0.15, 0.2) is 0 Å². The van der Waals surface area contributed by atoms with Crippen LogP contribution in [0.4, 0.5) is 0 Å². The van der Waals surface area contributed by atoms with E-state index in [1.807, 2.05) is 0 Å². The van der Waals surface area contributed by atoms with Crippen molar-refractivity contribution in [1.29, 1.82) is 0 Å². The van der Waals surface area contributed by atoms with Crippen molar-refractivity contribution >= 4 is 12.1 Å². The summed E-state index contributed by atoms with van der Waals surface area (Å²) in [5.74, 6) is -0.180. The summed E-state index contributed by atoms with van der Waals surface area (Å²) in [6, 6.07) is 0. The van der Waals surface area contributed by atoms with Crippen LogP contribution in [-0.2, 0) is 4.79 Å². The number of nitrogens with zero attached hydrogens (tertiary/aromatic N) is 2. The molecule has 53 valence electrons. The molecule has 4 heteroatoms. The van der Waals surface area contributed by atoms with Gasteiger partial charge in [-0.25, -0.2) is 0 Å². The van der Waals surface area contributed by atoms with Gasteiger partial charge in [0.25, 0.3) is 5.91 Å². The first-order chi connectivity index (χ1) is 4.84. The van der Waals surface area contributed by atoms with Gasteiger partial charge in [-0.1, -0.05) is 0 Å². The van der Waals surface area contributed by atoms with Gasteiger partial charge in [-0.3, -0.25) is 15.1 Å². The van der Waals surface area contributed by atoms with Gasteiger partial charge in [-0.15, -0.1) is 0 Å². The fraction of sp³-hybridized carbons (Fsp3) is 0.333. The Bertz CT molecular complexity index is 185. The molecule has 0 aromatic carbocycles. The van der Waals surface area contributed by atoms with E-state index in [1.54, 1.807) is 25.5 Å². The molecule has 0 aliphatic carbocycles. The van der Waals surface area contributed by atoms with Crippen LogP contribution in [0.25, 0.3) is 0 Å². The summed E-state index contributed by atoms with van der Waals surface area (Å²) in [6.45, 7) is 0. The van der Waals surface area contributed by atoms with Crippen molar-refractivity contribution in [3.05, 3.63) is 12.3 Å². The Morgan fingerprint density at radius 1 is 1.70 bits per heavy atom. The quantitative estimate of drug-likeness (QED) is 0.509. The van der Waals surface area contributed by atoms with Gasteiger partial charge in [-0.05, 0) is 6.08 Å². The van der Waals surface area contributed by atoms with Crippen LogP contribution in [0.1, 0.15) is 0 Å². The fourth-order valence-electron chi connectivity index (χ4n) is 0.604. The second-order valence-corrected chi connectivity index (χ2v) is 1.78. The molecule has 1 aliphatic heterocycles. The third-order valence-electron chi connectivity index (χ3n) is 1.11. The number of aliphatic imine (C=N–C) groups is 1. The van der Waals surface area contributed by atoms with E-state index < -0.39 is 6.17 Å². The second-order valence-electron chi connectivity index (χ2n) is 1.78. The monoisotopic (exact) mass is 138 g/mol. The Hall–Kier alpha value is -1.32. The topological polar surface area (TPSA) is 55.6 Å². The molecule has 1 amide bonds. The SMILES string of the molecule is CNC(=O)C1[N]C=CC=N1. The van der Waals surface area contributed by atoms with Crippen molar-refractivity contribution in [2.75, 3.05) is 7.05 Å². The maximum Gasteiger partial charge on any atom is 0.266 e. The number of amides is 1. The van der Waals surface area contributed by atoms with E-state index in [2.05, 4.69) is 15.6 Å². The highest BCUT2D eigenvalue weighted by molar-refractivity contribution is 5.85. The lowest BCUT2D eigenvalue weighted by Crippen LogP contribution is -2.36. The highest BCUT2D eigenvalue weighted by atomic mass is 16.2. The summed E-state index contributed by atoms with van der Waals surface area (Å²) >= 11 is 0. The number of hydrogen-bond donors (Lipinski definition) is 1. The molecule has 1 atom stereocenters. The number of allylic oxidation sites excluding steroid dienone is 1. The van der Waals surface area contributed by atoms with E-state index in [4.69, 9.17) is 0 Å². The van der Waals surface area contributed by atoms with Gasteiger partial charge in [0.2, 0.25) is 6.17 Å². The summed E-state index contributed by atoms with van der Waals surface area (Å²) in [7, 11) is 1.56. The zero-order chi connectivity index (χ0) is 7.40. The average molecular weight is 138 g/mol. The third kappa shape index (κ3) is 1.34. The van der Waals surface area contributed by atoms with E-state index in [0.717, 1.165) is 0 Å². The molecule has 4 nitrogen and oxygen atoms in total. The summed E-state index contributed by atoms with van der Waals surface area (Å²) in [4.78, 5) is 14.6. The lowest BCUT2D eigenvalue weighted by molar-refractivity contribution is -0.122. The van der Waals surface area contributed by atoms with Crippen LogP contribution in [0.3, 0.4) is 0 Å². The Balaban J connectivity index is 2.51. The number of carbonyl (C=O) groups excluding carboxylic acids is 1. The molecule has 0 saturated heterocycles. The average Bonchev–Trinajstić information content (AvgIpc) is 2.05. The van der Waals surface area contributed by atoms with Crippen molar-refractivity contribution in [2.45, 2.75) is 6.17 Å². The molecule has 1 heterocycles. The first-order valence-electron chi connectivity index (χ1n) is 2.94. The molecule has 0 aromatic heterocycles. The van der Waals surface area contributed by atoms with E-state index in [9.17, 15) is 4.79 Å². The number of likely N-dealkylation sites (N-methyl/N-ethyl adjacent to an activating group) is 1. The third-order valence-corrected chi connectivity index (χ3v) is 1.11. The molecule has 1 aliphatic rings. The van der Waals surface area contributed by atoms with Gasteiger partial charge in [0.1, 0.15) is 0 Å². The molecule has 10 heavy (non-hydrogen) atoms. The smallest absolute Gasteiger partial charge is 0.266 e. The first kappa shape index (κ1) is 6.80. The molecule has 0 fully saturated rings. The van der Waals surface area contributed by atoms with E-state index >= 15 is 0 Å². The minimum Gasteiger partial charge on any atom is -0.356 e. The van der Waals surface area contributed by atoms with Crippen LogP contribution in [-0.4, -0.2) is 25.3 Å². The number of hydrogen-bond acceptors (Lipinski definition) is 2. The Kier molecular flexibility index (Phi) is 2.04. The van der Waals surface area contributed by atoms with Crippen molar-refractivity contribution < 1.29 is 4.79 Å². The summed E-state index contributed by atoms with van der Waals surface area (Å²) in [5.41, 5.74) is 0. The highest BCUT2D eigenvalue weighted by Gasteiger charge is 2.14. The lowest BCUT2D eigenvalue weighted by Gasteiger charge is -2.09. The van der Waals surface area contributed by atoms with Gasteiger partial charge in [0, 0.05) is 19.5 Å². The fourth-order valence-corrected chi connectivity index (χ4v) is 0.604. The largest absolute Gasteiger partial charge is 0.356 e. The summed E-state index contributed by atoms with van der Waals surface area (Å²) in [5, 5.41) is 6.26.